The topological polar surface area (TPSA) is 78.2 Å². The lowest BCUT2D eigenvalue weighted by Crippen LogP contribution is -2.03. The van der Waals surface area contributed by atoms with E-state index in [1.54, 1.807) is 18.2 Å². The molecule has 1 aromatic rings. The van der Waals surface area contributed by atoms with Gasteiger partial charge >= 0.3 is 0 Å². The van der Waals surface area contributed by atoms with E-state index in [1.165, 1.54) is 12.1 Å². The summed E-state index contributed by atoms with van der Waals surface area (Å²) >= 11 is 0. The van der Waals surface area contributed by atoms with Gasteiger partial charge in [-0.15, -0.1) is 0 Å². The van der Waals surface area contributed by atoms with E-state index >= 15 is 0 Å². The fraction of sp³-hybridized carbons (Fsp3) is 0.182. The summed E-state index contributed by atoms with van der Waals surface area (Å²) in [4.78, 5) is -0.110. The number of aryl methyl sites for hydroxylation is 1. The molecular formula is C11H11NO3S. The van der Waals surface area contributed by atoms with Crippen molar-refractivity contribution in [1.82, 2.24) is 0 Å². The first-order valence-electron chi connectivity index (χ1n) is 4.57. The summed E-state index contributed by atoms with van der Waals surface area (Å²) in [6, 6.07) is 6.46. The summed E-state index contributed by atoms with van der Waals surface area (Å²) in [5, 5.41) is 8.32. The van der Waals surface area contributed by atoms with Crippen molar-refractivity contribution in [1.29, 1.82) is 5.26 Å². The summed E-state index contributed by atoms with van der Waals surface area (Å²) in [5.41, 5.74) is 1.38. The van der Waals surface area contributed by atoms with Crippen molar-refractivity contribution in [3.8, 4) is 6.07 Å². The Morgan fingerprint density at radius 2 is 2.19 bits per heavy atom. The van der Waals surface area contributed by atoms with Crippen LogP contribution >= 0.6 is 0 Å². The van der Waals surface area contributed by atoms with Gasteiger partial charge in [0.1, 0.15) is 0 Å². The molecule has 0 saturated carbocycles. The molecule has 0 bridgehead atoms. The minimum absolute atomic E-state index is 0.110. The van der Waals surface area contributed by atoms with Crippen LogP contribution in [0.3, 0.4) is 0 Å². The third-order valence-corrected chi connectivity index (χ3v) is 2.98. The maximum Gasteiger partial charge on any atom is 0.294 e. The van der Waals surface area contributed by atoms with E-state index in [9.17, 15) is 8.42 Å². The van der Waals surface area contributed by atoms with Crippen molar-refractivity contribution in [2.24, 2.45) is 0 Å². The molecule has 0 radical (unpaired) electrons. The zero-order chi connectivity index (χ0) is 12.2. The van der Waals surface area contributed by atoms with E-state index in [4.69, 9.17) is 9.81 Å². The van der Waals surface area contributed by atoms with Crippen molar-refractivity contribution in [3.63, 3.8) is 0 Å². The van der Waals surface area contributed by atoms with Crippen molar-refractivity contribution in [3.05, 3.63) is 41.5 Å². The van der Waals surface area contributed by atoms with Crippen LogP contribution in [-0.2, 0) is 16.5 Å². The number of nitriles is 1. The van der Waals surface area contributed by atoms with Crippen LogP contribution in [0.25, 0.3) is 0 Å². The molecule has 1 N–H and O–H groups in total. The molecule has 0 unspecified atom stereocenters. The third-order valence-electron chi connectivity index (χ3n) is 2.02. The monoisotopic (exact) mass is 237 g/mol. The number of allylic oxidation sites excluding steroid dienone is 2. The molecule has 0 heterocycles. The normalized spacial score (nSPS) is 11.6. The standard InChI is InChI=1S/C11H11NO3S/c1-9-5-6-11(16(13,14)15)10(8-9)4-2-3-7-12/h2-3,5-6,8H,4H2,1H3,(H,13,14,15). The second-order valence-electron chi connectivity index (χ2n) is 3.32. The summed E-state index contributed by atoms with van der Waals surface area (Å²) < 4.78 is 31.1. The molecule has 0 aliphatic rings. The fourth-order valence-corrected chi connectivity index (χ4v) is 2.07. The summed E-state index contributed by atoms with van der Waals surface area (Å²) in [5.74, 6) is 0. The Labute approximate surface area is 94.6 Å². The van der Waals surface area contributed by atoms with Gasteiger partial charge in [-0.3, -0.25) is 4.55 Å². The first-order chi connectivity index (χ1) is 7.45. The highest BCUT2D eigenvalue weighted by Gasteiger charge is 2.14. The zero-order valence-electron chi connectivity index (χ0n) is 8.71. The predicted molar refractivity (Wildman–Crippen MR) is 59.5 cm³/mol. The van der Waals surface area contributed by atoms with Crippen LogP contribution in [0.5, 0.6) is 0 Å². The number of benzene rings is 1. The van der Waals surface area contributed by atoms with E-state index in [0.717, 1.165) is 5.56 Å². The van der Waals surface area contributed by atoms with Crippen LogP contribution in [0.2, 0.25) is 0 Å². The van der Waals surface area contributed by atoms with E-state index in [-0.39, 0.29) is 4.90 Å². The summed E-state index contributed by atoms with van der Waals surface area (Å²) in [6.07, 6.45) is 3.12. The highest BCUT2D eigenvalue weighted by atomic mass is 32.2. The predicted octanol–water partition coefficient (Wildman–Crippen LogP) is 1.86. The van der Waals surface area contributed by atoms with Crippen LogP contribution in [-0.4, -0.2) is 13.0 Å². The maximum atomic E-state index is 11.1. The van der Waals surface area contributed by atoms with Gasteiger partial charge in [0.05, 0.1) is 11.0 Å². The lowest BCUT2D eigenvalue weighted by Gasteiger charge is -2.05. The van der Waals surface area contributed by atoms with Gasteiger partial charge in [-0.1, -0.05) is 23.8 Å². The quantitative estimate of drug-likeness (QED) is 0.643. The summed E-state index contributed by atoms with van der Waals surface area (Å²) in [7, 11) is -4.20. The number of hydrogen-bond acceptors (Lipinski definition) is 3. The Morgan fingerprint density at radius 1 is 1.50 bits per heavy atom. The van der Waals surface area contributed by atoms with Crippen LogP contribution < -0.4 is 0 Å². The average Bonchev–Trinajstić information content (AvgIpc) is 2.16. The maximum absolute atomic E-state index is 11.1. The van der Waals surface area contributed by atoms with Gasteiger partial charge in [0.2, 0.25) is 0 Å². The van der Waals surface area contributed by atoms with Gasteiger partial charge in [-0.05, 0) is 25.0 Å². The van der Waals surface area contributed by atoms with Gasteiger partial charge < -0.3 is 0 Å². The van der Waals surface area contributed by atoms with Gasteiger partial charge in [-0.2, -0.15) is 13.7 Å². The molecule has 5 heteroatoms. The molecule has 1 rings (SSSR count). The Hall–Kier alpha value is -1.64. The van der Waals surface area contributed by atoms with E-state index in [0.29, 0.717) is 12.0 Å². The third kappa shape index (κ3) is 3.19. The minimum Gasteiger partial charge on any atom is -0.282 e. The molecule has 0 aliphatic heterocycles. The molecule has 0 aliphatic carbocycles. The van der Waals surface area contributed by atoms with Crippen molar-refractivity contribution in [2.75, 3.05) is 0 Å². The Kier molecular flexibility index (Phi) is 3.82. The SMILES string of the molecule is Cc1ccc(S(=O)(=O)O)c(CC=CC#N)c1. The molecule has 0 spiro atoms. The second kappa shape index (κ2) is 4.92. The largest absolute Gasteiger partial charge is 0.294 e. The molecule has 0 atom stereocenters. The van der Waals surface area contributed by atoms with Crippen LogP contribution in [0.15, 0.2) is 35.2 Å². The Balaban J connectivity index is 3.20. The van der Waals surface area contributed by atoms with Gasteiger partial charge in [0.25, 0.3) is 10.1 Å². The minimum atomic E-state index is -4.20. The molecule has 0 aromatic heterocycles. The molecule has 4 nitrogen and oxygen atoms in total. The van der Waals surface area contributed by atoms with Crippen LogP contribution in [0.4, 0.5) is 0 Å². The highest BCUT2D eigenvalue weighted by Crippen LogP contribution is 2.18. The zero-order valence-corrected chi connectivity index (χ0v) is 9.53. The van der Waals surface area contributed by atoms with Crippen LogP contribution in [0, 0.1) is 18.3 Å². The first-order valence-corrected chi connectivity index (χ1v) is 6.01. The smallest absolute Gasteiger partial charge is 0.282 e. The van der Waals surface area contributed by atoms with E-state index in [1.807, 2.05) is 13.0 Å². The average molecular weight is 237 g/mol. The Morgan fingerprint density at radius 3 is 2.75 bits per heavy atom. The molecular weight excluding hydrogens is 226 g/mol. The second-order valence-corrected chi connectivity index (χ2v) is 4.71. The fourth-order valence-electron chi connectivity index (χ4n) is 1.36. The summed E-state index contributed by atoms with van der Waals surface area (Å²) in [6.45, 7) is 1.82. The number of nitrogens with zero attached hydrogens (tertiary/aromatic N) is 1. The van der Waals surface area contributed by atoms with Gasteiger partial charge in [0, 0.05) is 6.08 Å². The molecule has 1 aromatic carbocycles. The van der Waals surface area contributed by atoms with Gasteiger partial charge in [0.15, 0.2) is 0 Å². The van der Waals surface area contributed by atoms with Crippen LogP contribution in [0.1, 0.15) is 11.1 Å². The van der Waals surface area contributed by atoms with Crippen molar-refractivity contribution in [2.45, 2.75) is 18.2 Å². The van der Waals surface area contributed by atoms with E-state index in [2.05, 4.69) is 0 Å². The van der Waals surface area contributed by atoms with Crippen molar-refractivity contribution < 1.29 is 13.0 Å². The molecule has 0 amide bonds. The van der Waals surface area contributed by atoms with Gasteiger partial charge in [-0.25, -0.2) is 0 Å². The Bertz CT molecular complexity index is 553. The highest BCUT2D eigenvalue weighted by molar-refractivity contribution is 7.85. The molecule has 16 heavy (non-hydrogen) atoms. The molecule has 0 fully saturated rings. The van der Waals surface area contributed by atoms with Crippen molar-refractivity contribution >= 4 is 10.1 Å². The lowest BCUT2D eigenvalue weighted by molar-refractivity contribution is 0.482. The lowest BCUT2D eigenvalue weighted by atomic mass is 10.1. The first kappa shape index (κ1) is 12.4. The molecule has 0 saturated heterocycles. The number of hydrogen-bond donors (Lipinski definition) is 1. The number of rotatable bonds is 3. The molecule has 84 valence electrons. The van der Waals surface area contributed by atoms with E-state index < -0.39 is 10.1 Å².